The summed E-state index contributed by atoms with van der Waals surface area (Å²) in [6.07, 6.45) is 1.61. The van der Waals surface area contributed by atoms with Crippen molar-refractivity contribution in [3.63, 3.8) is 0 Å². The van der Waals surface area contributed by atoms with E-state index in [-0.39, 0.29) is 11.7 Å². The van der Waals surface area contributed by atoms with Crippen LogP contribution < -0.4 is 5.32 Å². The number of carbonyl (C=O) groups is 2. The summed E-state index contributed by atoms with van der Waals surface area (Å²) in [6.45, 7) is 1.90. The van der Waals surface area contributed by atoms with Crippen LogP contribution in [0.3, 0.4) is 0 Å². The van der Waals surface area contributed by atoms with Crippen LogP contribution in [-0.2, 0) is 7.05 Å². The van der Waals surface area contributed by atoms with E-state index in [1.165, 1.54) is 0 Å². The highest BCUT2D eigenvalue weighted by molar-refractivity contribution is 6.22. The molecule has 0 fully saturated rings. The van der Waals surface area contributed by atoms with E-state index in [0.717, 1.165) is 27.9 Å². The van der Waals surface area contributed by atoms with Gasteiger partial charge >= 0.3 is 0 Å². The van der Waals surface area contributed by atoms with Crippen molar-refractivity contribution >= 4 is 28.4 Å². The van der Waals surface area contributed by atoms with Crippen LogP contribution in [-0.4, -0.2) is 26.5 Å². The largest absolute Gasteiger partial charge is 0.321 e. The van der Waals surface area contributed by atoms with E-state index in [9.17, 15) is 9.59 Å². The number of ketones is 1. The Morgan fingerprint density at radius 3 is 2.57 bits per heavy atom. The first-order valence-electron chi connectivity index (χ1n) is 8.92. The predicted molar refractivity (Wildman–Crippen MR) is 107 cm³/mol. The molecular formula is C22H16N4O2. The Morgan fingerprint density at radius 1 is 1.00 bits per heavy atom. The van der Waals surface area contributed by atoms with Crippen molar-refractivity contribution in [2.45, 2.75) is 6.92 Å². The fourth-order valence-corrected chi connectivity index (χ4v) is 3.75. The topological polar surface area (TPSA) is 76.9 Å². The summed E-state index contributed by atoms with van der Waals surface area (Å²) in [4.78, 5) is 29.8. The van der Waals surface area contributed by atoms with Crippen molar-refractivity contribution in [3.8, 4) is 11.1 Å². The molecule has 6 nitrogen and oxygen atoms in total. The number of anilines is 1. The number of nitrogens with zero attached hydrogens (tertiary/aromatic N) is 3. The lowest BCUT2D eigenvalue weighted by Crippen LogP contribution is -2.13. The molecule has 1 N–H and O–H groups in total. The van der Waals surface area contributed by atoms with E-state index in [1.807, 2.05) is 50.4 Å². The Morgan fingerprint density at radius 2 is 1.75 bits per heavy atom. The van der Waals surface area contributed by atoms with Crippen LogP contribution in [0.1, 0.15) is 32.0 Å². The maximum Gasteiger partial charge on any atom is 0.255 e. The molecule has 0 radical (unpaired) electrons. The highest BCUT2D eigenvalue weighted by atomic mass is 16.1. The zero-order chi connectivity index (χ0) is 19.4. The highest BCUT2D eigenvalue weighted by Gasteiger charge is 2.27. The molecule has 0 saturated carbocycles. The van der Waals surface area contributed by atoms with Gasteiger partial charge in [0.1, 0.15) is 0 Å². The van der Waals surface area contributed by atoms with Crippen molar-refractivity contribution in [1.82, 2.24) is 14.8 Å². The van der Waals surface area contributed by atoms with Gasteiger partial charge in [-0.15, -0.1) is 0 Å². The SMILES string of the molecule is Cc1nn(C)c2ncc(NC(=O)c3ccc4c(c3)C(=O)c3ccccc3-4)cc12. The summed E-state index contributed by atoms with van der Waals surface area (Å²) in [6, 6.07) is 14.6. The van der Waals surface area contributed by atoms with E-state index in [4.69, 9.17) is 0 Å². The zero-order valence-corrected chi connectivity index (χ0v) is 15.4. The quantitative estimate of drug-likeness (QED) is 0.515. The van der Waals surface area contributed by atoms with Gasteiger partial charge in [0.05, 0.1) is 17.6 Å². The summed E-state index contributed by atoms with van der Waals surface area (Å²) in [5, 5.41) is 8.09. The molecule has 6 heteroatoms. The summed E-state index contributed by atoms with van der Waals surface area (Å²) >= 11 is 0. The third-order valence-electron chi connectivity index (χ3n) is 5.11. The molecule has 2 heterocycles. The van der Waals surface area contributed by atoms with Crippen LogP contribution in [0.15, 0.2) is 54.7 Å². The highest BCUT2D eigenvalue weighted by Crippen LogP contribution is 2.36. The number of aryl methyl sites for hydroxylation is 2. The third-order valence-corrected chi connectivity index (χ3v) is 5.11. The predicted octanol–water partition coefficient (Wildman–Crippen LogP) is 3.74. The Balaban J connectivity index is 1.47. The van der Waals surface area contributed by atoms with Crippen molar-refractivity contribution in [3.05, 3.63) is 77.1 Å². The second kappa shape index (κ2) is 5.85. The summed E-state index contributed by atoms with van der Waals surface area (Å²) < 4.78 is 1.71. The molecule has 5 rings (SSSR count). The van der Waals surface area contributed by atoms with Gasteiger partial charge in [0.15, 0.2) is 11.4 Å². The average Bonchev–Trinajstić information content (AvgIpc) is 3.15. The van der Waals surface area contributed by atoms with Crippen molar-refractivity contribution in [2.24, 2.45) is 7.05 Å². The molecule has 0 spiro atoms. The minimum absolute atomic E-state index is 0.0469. The van der Waals surface area contributed by atoms with Crippen LogP contribution in [0, 0.1) is 6.92 Å². The Kier molecular flexibility index (Phi) is 3.42. The fourth-order valence-electron chi connectivity index (χ4n) is 3.75. The first-order chi connectivity index (χ1) is 13.5. The molecule has 0 bridgehead atoms. The lowest BCUT2D eigenvalue weighted by molar-refractivity contribution is 0.102. The van der Waals surface area contributed by atoms with Crippen LogP contribution in [0.25, 0.3) is 22.2 Å². The first kappa shape index (κ1) is 16.4. The average molecular weight is 368 g/mol. The lowest BCUT2D eigenvalue weighted by atomic mass is 10.0. The van der Waals surface area contributed by atoms with Gasteiger partial charge in [0.25, 0.3) is 5.91 Å². The number of hydrogen-bond donors (Lipinski definition) is 1. The summed E-state index contributed by atoms with van der Waals surface area (Å²) in [7, 11) is 1.83. The van der Waals surface area contributed by atoms with E-state index >= 15 is 0 Å². The van der Waals surface area contributed by atoms with Gasteiger partial charge in [0, 0.05) is 29.1 Å². The minimum Gasteiger partial charge on any atom is -0.321 e. The maximum atomic E-state index is 12.7. The van der Waals surface area contributed by atoms with Crippen LogP contribution in [0.5, 0.6) is 0 Å². The second-order valence-corrected chi connectivity index (χ2v) is 6.89. The molecule has 28 heavy (non-hydrogen) atoms. The van der Waals surface area contributed by atoms with Crippen molar-refractivity contribution in [2.75, 3.05) is 5.32 Å². The standard InChI is InChI=1S/C22H16N4O2/c1-12-18-10-14(11-23-21(18)26(2)25-12)24-22(28)13-7-8-16-15-5-3-4-6-17(15)20(27)19(16)9-13/h3-11H,1-2H3,(H,24,28). The van der Waals surface area contributed by atoms with Crippen molar-refractivity contribution in [1.29, 1.82) is 0 Å². The molecule has 4 aromatic rings. The molecule has 136 valence electrons. The van der Waals surface area contributed by atoms with Crippen molar-refractivity contribution < 1.29 is 9.59 Å². The number of aromatic nitrogens is 3. The second-order valence-electron chi connectivity index (χ2n) is 6.89. The smallest absolute Gasteiger partial charge is 0.255 e. The first-order valence-corrected chi connectivity index (χ1v) is 8.92. The summed E-state index contributed by atoms with van der Waals surface area (Å²) in [5.74, 6) is -0.330. The molecule has 1 amide bonds. The molecule has 1 aliphatic carbocycles. The molecule has 0 saturated heterocycles. The van der Waals surface area contributed by atoms with E-state index in [0.29, 0.717) is 22.4 Å². The number of carbonyl (C=O) groups excluding carboxylic acids is 2. The number of hydrogen-bond acceptors (Lipinski definition) is 4. The normalized spacial score (nSPS) is 12.1. The number of pyridine rings is 1. The number of fused-ring (bicyclic) bond motifs is 4. The molecule has 0 unspecified atom stereocenters. The lowest BCUT2D eigenvalue weighted by Gasteiger charge is -2.07. The molecular weight excluding hydrogens is 352 g/mol. The van der Waals surface area contributed by atoms with Gasteiger partial charge in [-0.05, 0) is 36.2 Å². The molecule has 2 aromatic heterocycles. The monoisotopic (exact) mass is 368 g/mol. The van der Waals surface area contributed by atoms with Gasteiger partial charge in [0.2, 0.25) is 0 Å². The van der Waals surface area contributed by atoms with Gasteiger partial charge < -0.3 is 5.32 Å². The Bertz CT molecular complexity index is 1300. The third kappa shape index (κ3) is 2.35. The van der Waals surface area contributed by atoms with Gasteiger partial charge in [-0.1, -0.05) is 30.3 Å². The molecule has 0 aliphatic heterocycles. The molecule has 1 aliphatic rings. The molecule has 2 aromatic carbocycles. The molecule has 0 atom stereocenters. The van der Waals surface area contributed by atoms with Gasteiger partial charge in [-0.25, -0.2) is 4.98 Å². The van der Waals surface area contributed by atoms with E-state index in [1.54, 1.807) is 23.0 Å². The van der Waals surface area contributed by atoms with Crippen LogP contribution >= 0.6 is 0 Å². The van der Waals surface area contributed by atoms with Gasteiger partial charge in [-0.2, -0.15) is 5.10 Å². The number of nitrogens with one attached hydrogen (secondary N) is 1. The summed E-state index contributed by atoms with van der Waals surface area (Å²) in [5.41, 5.74) is 5.65. The minimum atomic E-state index is -0.283. The number of benzene rings is 2. The Labute approximate surface area is 160 Å². The fraction of sp³-hybridized carbons (Fsp3) is 0.0909. The Hall–Kier alpha value is -3.80. The number of amides is 1. The van der Waals surface area contributed by atoms with E-state index < -0.39 is 0 Å². The number of rotatable bonds is 2. The van der Waals surface area contributed by atoms with Crippen LogP contribution in [0.4, 0.5) is 5.69 Å². The maximum absolute atomic E-state index is 12.7. The zero-order valence-electron chi connectivity index (χ0n) is 15.4. The van der Waals surface area contributed by atoms with Gasteiger partial charge in [-0.3, -0.25) is 14.3 Å². The van der Waals surface area contributed by atoms with Crippen LogP contribution in [0.2, 0.25) is 0 Å². The van der Waals surface area contributed by atoms with E-state index in [2.05, 4.69) is 15.4 Å².